The van der Waals surface area contributed by atoms with Crippen molar-refractivity contribution in [3.05, 3.63) is 28.9 Å². The quantitative estimate of drug-likeness (QED) is 0.880. The predicted molar refractivity (Wildman–Crippen MR) is 84.0 cm³/mol. The Hall–Kier alpha value is -1.27. The predicted octanol–water partition coefficient (Wildman–Crippen LogP) is 3.20. The van der Waals surface area contributed by atoms with Gasteiger partial charge in [0.15, 0.2) is 0 Å². The molecule has 1 aromatic carbocycles. The number of nitrogen functional groups attached to an aromatic ring is 1. The van der Waals surface area contributed by atoms with E-state index >= 15 is 0 Å². The Labute approximate surface area is 124 Å². The maximum absolute atomic E-state index is 13.8. The highest BCUT2D eigenvalue weighted by Gasteiger charge is 2.26. The lowest BCUT2D eigenvalue weighted by atomic mass is 10.2. The number of halogens is 1. The number of hydrogen-bond acceptors (Lipinski definition) is 4. The normalized spacial score (nSPS) is 19.5. The van der Waals surface area contributed by atoms with Crippen LogP contribution in [-0.4, -0.2) is 34.9 Å². The Kier molecular flexibility index (Phi) is 3.60. The van der Waals surface area contributed by atoms with Crippen LogP contribution in [0.15, 0.2) is 18.2 Å². The number of hydrogen-bond donors (Lipinski definition) is 1. The first-order chi connectivity index (χ1) is 9.58. The van der Waals surface area contributed by atoms with E-state index in [0.717, 1.165) is 23.5 Å². The highest BCUT2D eigenvalue weighted by Crippen LogP contribution is 2.36. The Morgan fingerprint density at radius 1 is 1.50 bits per heavy atom. The van der Waals surface area contributed by atoms with Gasteiger partial charge in [0.1, 0.15) is 10.7 Å². The van der Waals surface area contributed by atoms with E-state index in [-0.39, 0.29) is 17.4 Å². The molecule has 1 saturated heterocycles. The van der Waals surface area contributed by atoms with Crippen LogP contribution in [0.4, 0.5) is 10.1 Å². The van der Waals surface area contributed by atoms with Crippen molar-refractivity contribution < 1.29 is 9.18 Å². The summed E-state index contributed by atoms with van der Waals surface area (Å²) in [5, 5.41) is 0.806. The average Bonchev–Trinajstić information content (AvgIpc) is 2.76. The number of anilines is 1. The minimum atomic E-state index is -0.363. The summed E-state index contributed by atoms with van der Waals surface area (Å²) in [6, 6.07) is 4.81. The van der Waals surface area contributed by atoms with Gasteiger partial charge >= 0.3 is 0 Å². The van der Waals surface area contributed by atoms with Gasteiger partial charge in [-0.2, -0.15) is 11.8 Å². The highest BCUT2D eigenvalue weighted by atomic mass is 32.2. The van der Waals surface area contributed by atoms with Gasteiger partial charge in [-0.1, -0.05) is 13.0 Å². The molecule has 0 spiro atoms. The van der Waals surface area contributed by atoms with E-state index in [1.807, 2.05) is 16.7 Å². The number of nitrogens with zero attached hydrogens (tertiary/aromatic N) is 1. The number of carbonyl (C=O) groups excluding carboxylic acids is 1. The van der Waals surface area contributed by atoms with Crippen LogP contribution in [-0.2, 0) is 0 Å². The summed E-state index contributed by atoms with van der Waals surface area (Å²) in [6.07, 6.45) is 0. The van der Waals surface area contributed by atoms with Crippen molar-refractivity contribution in [2.24, 2.45) is 0 Å². The van der Waals surface area contributed by atoms with Crippen LogP contribution in [0.3, 0.4) is 0 Å². The molecule has 1 aliphatic heterocycles. The highest BCUT2D eigenvalue weighted by molar-refractivity contribution is 7.99. The zero-order valence-corrected chi connectivity index (χ0v) is 12.7. The molecular weight excluding hydrogens is 295 g/mol. The zero-order chi connectivity index (χ0) is 14.3. The SMILES string of the molecule is CC1CN(C(=O)c2sc3cccc(F)c3c2N)CCS1. The van der Waals surface area contributed by atoms with Crippen molar-refractivity contribution in [2.75, 3.05) is 24.6 Å². The number of benzene rings is 1. The van der Waals surface area contributed by atoms with Gasteiger partial charge in [0.25, 0.3) is 5.91 Å². The first-order valence-corrected chi connectivity index (χ1v) is 8.32. The largest absolute Gasteiger partial charge is 0.397 e. The molecule has 1 fully saturated rings. The van der Waals surface area contributed by atoms with E-state index in [2.05, 4.69) is 6.92 Å². The van der Waals surface area contributed by atoms with Gasteiger partial charge in [-0.05, 0) is 12.1 Å². The third-order valence-electron chi connectivity index (χ3n) is 3.42. The maximum atomic E-state index is 13.8. The van der Waals surface area contributed by atoms with Gasteiger partial charge in [0.05, 0.1) is 11.1 Å². The molecule has 1 unspecified atom stereocenters. The van der Waals surface area contributed by atoms with Crippen molar-refractivity contribution in [1.29, 1.82) is 0 Å². The molecule has 2 heterocycles. The summed E-state index contributed by atoms with van der Waals surface area (Å²) in [6.45, 7) is 3.56. The molecular formula is C14H15FN2OS2. The molecule has 6 heteroatoms. The molecule has 1 amide bonds. The van der Waals surface area contributed by atoms with Crippen molar-refractivity contribution in [3.8, 4) is 0 Å². The fourth-order valence-corrected chi connectivity index (χ4v) is 4.55. The van der Waals surface area contributed by atoms with Gasteiger partial charge in [-0.25, -0.2) is 4.39 Å². The van der Waals surface area contributed by atoms with Crippen LogP contribution in [0.2, 0.25) is 0 Å². The zero-order valence-electron chi connectivity index (χ0n) is 11.1. The monoisotopic (exact) mass is 310 g/mol. The average molecular weight is 310 g/mol. The second-order valence-electron chi connectivity index (χ2n) is 4.89. The number of amides is 1. The summed E-state index contributed by atoms with van der Waals surface area (Å²) < 4.78 is 14.6. The first kappa shape index (κ1) is 13.7. The molecule has 2 N–H and O–H groups in total. The molecule has 1 aliphatic rings. The fourth-order valence-electron chi connectivity index (χ4n) is 2.43. The Morgan fingerprint density at radius 3 is 3.00 bits per heavy atom. The van der Waals surface area contributed by atoms with Crippen LogP contribution >= 0.6 is 23.1 Å². The van der Waals surface area contributed by atoms with Crippen molar-refractivity contribution >= 4 is 44.8 Å². The minimum absolute atomic E-state index is 0.0738. The smallest absolute Gasteiger partial charge is 0.266 e. The summed E-state index contributed by atoms with van der Waals surface area (Å²) >= 11 is 3.14. The van der Waals surface area contributed by atoms with Crippen LogP contribution in [0.25, 0.3) is 10.1 Å². The molecule has 0 aliphatic carbocycles. The van der Waals surface area contributed by atoms with Gasteiger partial charge < -0.3 is 10.6 Å². The molecule has 1 aromatic heterocycles. The Balaban J connectivity index is 1.99. The molecule has 1 atom stereocenters. The van der Waals surface area contributed by atoms with Gasteiger partial charge in [0.2, 0.25) is 0 Å². The summed E-state index contributed by atoms with van der Waals surface area (Å²) in [5.41, 5.74) is 6.28. The van der Waals surface area contributed by atoms with E-state index in [1.165, 1.54) is 17.4 Å². The first-order valence-electron chi connectivity index (χ1n) is 6.45. The lowest BCUT2D eigenvalue weighted by Gasteiger charge is -2.30. The number of fused-ring (bicyclic) bond motifs is 1. The van der Waals surface area contributed by atoms with E-state index in [0.29, 0.717) is 15.5 Å². The Bertz CT molecular complexity index is 670. The summed E-state index contributed by atoms with van der Waals surface area (Å²) in [7, 11) is 0. The van der Waals surface area contributed by atoms with Crippen molar-refractivity contribution in [1.82, 2.24) is 4.90 Å². The molecule has 3 rings (SSSR count). The second-order valence-corrected chi connectivity index (χ2v) is 7.49. The third kappa shape index (κ3) is 2.27. The van der Waals surface area contributed by atoms with Gasteiger partial charge in [-0.3, -0.25) is 4.79 Å². The number of carbonyl (C=O) groups is 1. The van der Waals surface area contributed by atoms with Crippen LogP contribution < -0.4 is 5.73 Å². The van der Waals surface area contributed by atoms with Crippen molar-refractivity contribution in [3.63, 3.8) is 0 Å². The van der Waals surface area contributed by atoms with Crippen LogP contribution in [0.1, 0.15) is 16.6 Å². The molecule has 3 nitrogen and oxygen atoms in total. The van der Waals surface area contributed by atoms with E-state index in [9.17, 15) is 9.18 Å². The maximum Gasteiger partial charge on any atom is 0.266 e. The van der Waals surface area contributed by atoms with E-state index in [4.69, 9.17) is 5.73 Å². The number of thiophene rings is 1. The minimum Gasteiger partial charge on any atom is -0.397 e. The lowest BCUT2D eigenvalue weighted by molar-refractivity contribution is 0.0769. The van der Waals surface area contributed by atoms with Crippen LogP contribution in [0.5, 0.6) is 0 Å². The topological polar surface area (TPSA) is 46.3 Å². The van der Waals surface area contributed by atoms with Gasteiger partial charge in [0, 0.05) is 28.8 Å². The van der Waals surface area contributed by atoms with Gasteiger partial charge in [-0.15, -0.1) is 11.3 Å². The summed E-state index contributed by atoms with van der Waals surface area (Å²) in [4.78, 5) is 14.9. The van der Waals surface area contributed by atoms with E-state index < -0.39 is 0 Å². The number of nitrogens with two attached hydrogens (primary N) is 1. The Morgan fingerprint density at radius 2 is 2.30 bits per heavy atom. The molecule has 106 valence electrons. The number of thioether (sulfide) groups is 1. The molecule has 2 aromatic rings. The molecule has 0 radical (unpaired) electrons. The summed E-state index contributed by atoms with van der Waals surface area (Å²) in [5.74, 6) is 0.500. The molecule has 20 heavy (non-hydrogen) atoms. The second kappa shape index (κ2) is 5.26. The standard InChI is InChI=1S/C14H15FN2OS2/c1-8-7-17(5-6-19-8)14(18)13-12(16)11-9(15)3-2-4-10(11)20-13/h2-4,8H,5-7,16H2,1H3. The molecule has 0 saturated carbocycles. The third-order valence-corrected chi connectivity index (χ3v) is 5.72. The fraction of sp³-hybridized carbons (Fsp3) is 0.357. The lowest BCUT2D eigenvalue weighted by Crippen LogP contribution is -2.40. The number of rotatable bonds is 1. The van der Waals surface area contributed by atoms with E-state index in [1.54, 1.807) is 12.1 Å². The van der Waals surface area contributed by atoms with Crippen molar-refractivity contribution in [2.45, 2.75) is 12.2 Å². The van der Waals surface area contributed by atoms with Crippen LogP contribution in [0, 0.1) is 5.82 Å². The molecule has 0 bridgehead atoms.